The molecule has 0 aromatic heterocycles. The van der Waals surface area contributed by atoms with Gasteiger partial charge in [0.2, 0.25) is 0 Å². The topological polar surface area (TPSA) is 26.3 Å². The molecule has 0 saturated heterocycles. The van der Waals surface area contributed by atoms with Crippen LogP contribution in [0.4, 0.5) is 0 Å². The van der Waals surface area contributed by atoms with Crippen molar-refractivity contribution < 1.29 is 9.53 Å². The van der Waals surface area contributed by atoms with E-state index in [2.05, 4.69) is 0 Å². The number of hydrogen-bond donors (Lipinski definition) is 0. The Morgan fingerprint density at radius 2 is 1.81 bits per heavy atom. The third-order valence-electron chi connectivity index (χ3n) is 3.41. The Morgan fingerprint density at radius 1 is 1.10 bits per heavy atom. The van der Waals surface area contributed by atoms with E-state index in [0.29, 0.717) is 12.0 Å². The maximum Gasteiger partial charge on any atom is 0.167 e. The molecular weight excluding hydrogens is 280 g/mol. The fraction of sp³-hybridized carbons (Fsp3) is 0.222. The monoisotopic (exact) mass is 298 g/mol. The zero-order valence-corrected chi connectivity index (χ0v) is 13.1. The molecule has 0 spiro atoms. The van der Waals surface area contributed by atoms with E-state index in [1.807, 2.05) is 55.5 Å². The number of methoxy groups -OCH3 is 1. The maximum atomic E-state index is 12.2. The summed E-state index contributed by atoms with van der Waals surface area (Å²) in [7, 11) is 1.65. The lowest BCUT2D eigenvalue weighted by Crippen LogP contribution is -2.10. The number of Topliss-reactive ketones (excluding diaryl/α,β-unsaturated/α-hetero) is 1. The van der Waals surface area contributed by atoms with Gasteiger partial charge in [-0.2, -0.15) is 0 Å². The van der Waals surface area contributed by atoms with Crippen molar-refractivity contribution in [2.75, 3.05) is 7.11 Å². The maximum absolute atomic E-state index is 12.2. The lowest BCUT2D eigenvalue weighted by Gasteiger charge is -2.12. The van der Waals surface area contributed by atoms with Crippen LogP contribution in [0.25, 0.3) is 0 Å². The zero-order valence-electron chi connectivity index (χ0n) is 12.3. The first-order valence-electron chi connectivity index (χ1n) is 6.84. The molecule has 2 nitrogen and oxygen atoms in total. The summed E-state index contributed by atoms with van der Waals surface area (Å²) in [6.45, 7) is 2.03. The Morgan fingerprint density at radius 3 is 2.48 bits per heavy atom. The molecule has 3 heteroatoms. The van der Waals surface area contributed by atoms with Gasteiger partial charge in [0.05, 0.1) is 7.11 Å². The summed E-state index contributed by atoms with van der Waals surface area (Å²) in [6.07, 6.45) is 0.876. The third kappa shape index (κ3) is 3.99. The average Bonchev–Trinajstić information content (AvgIpc) is 2.50. The van der Waals surface area contributed by atoms with E-state index < -0.39 is 0 Å². The highest BCUT2D eigenvalue weighted by Crippen LogP contribution is 2.23. The zero-order chi connectivity index (χ0) is 15.2. The first-order valence-corrected chi connectivity index (χ1v) is 7.25. The number of rotatable bonds is 6. The minimum absolute atomic E-state index is 0.0631. The smallest absolute Gasteiger partial charge is 0.167 e. The average molecular weight is 298 g/mol. The van der Waals surface area contributed by atoms with Crippen molar-refractivity contribution in [3.05, 3.63) is 65.2 Å². The SMILES string of the molecule is COc1cccc(C)c1CC(=S)CC(=O)c1ccccc1. The molecule has 0 aliphatic rings. The standard InChI is InChI=1S/C18H18O2S/c1-13-7-6-10-18(20-2)16(13)11-15(21)12-17(19)14-8-4-3-5-9-14/h3-10H,11-12H2,1-2H3. The van der Waals surface area contributed by atoms with Crippen molar-refractivity contribution in [3.63, 3.8) is 0 Å². The van der Waals surface area contributed by atoms with E-state index in [4.69, 9.17) is 17.0 Å². The van der Waals surface area contributed by atoms with Crippen molar-refractivity contribution in [1.29, 1.82) is 0 Å². The van der Waals surface area contributed by atoms with Gasteiger partial charge in [-0.05, 0) is 18.6 Å². The van der Waals surface area contributed by atoms with E-state index in [1.165, 1.54) is 0 Å². The number of ketones is 1. The van der Waals surface area contributed by atoms with Gasteiger partial charge in [0, 0.05) is 28.8 Å². The number of carbonyl (C=O) groups excluding carboxylic acids is 1. The minimum Gasteiger partial charge on any atom is -0.496 e. The molecule has 0 unspecified atom stereocenters. The molecule has 2 aromatic carbocycles. The number of aryl methyl sites for hydroxylation is 1. The molecule has 0 heterocycles. The van der Waals surface area contributed by atoms with Crippen molar-refractivity contribution in [3.8, 4) is 5.75 Å². The first-order chi connectivity index (χ1) is 10.1. The number of carbonyl (C=O) groups is 1. The first kappa shape index (κ1) is 15.4. The molecule has 21 heavy (non-hydrogen) atoms. The van der Waals surface area contributed by atoms with E-state index in [1.54, 1.807) is 7.11 Å². The van der Waals surface area contributed by atoms with Crippen LogP contribution in [0.5, 0.6) is 5.75 Å². The second-order valence-corrected chi connectivity index (χ2v) is 5.51. The fourth-order valence-corrected chi connectivity index (χ4v) is 2.53. The Balaban J connectivity index is 2.08. The van der Waals surface area contributed by atoms with Crippen LogP contribution in [0.1, 0.15) is 27.9 Å². The molecule has 0 radical (unpaired) electrons. The molecule has 0 amide bonds. The fourth-order valence-electron chi connectivity index (χ4n) is 2.26. The van der Waals surface area contributed by atoms with Gasteiger partial charge in [-0.3, -0.25) is 4.79 Å². The Hall–Kier alpha value is -2.00. The Kier molecular flexibility index (Phi) is 5.23. The van der Waals surface area contributed by atoms with Gasteiger partial charge in [-0.1, -0.05) is 54.7 Å². The van der Waals surface area contributed by atoms with Crippen LogP contribution in [0.15, 0.2) is 48.5 Å². The molecular formula is C18H18O2S. The molecule has 0 N–H and O–H groups in total. The molecule has 108 valence electrons. The number of benzene rings is 2. The van der Waals surface area contributed by atoms with Crippen molar-refractivity contribution in [1.82, 2.24) is 0 Å². The highest BCUT2D eigenvalue weighted by atomic mass is 32.1. The van der Waals surface area contributed by atoms with Gasteiger partial charge < -0.3 is 4.74 Å². The lowest BCUT2D eigenvalue weighted by molar-refractivity contribution is 0.100. The molecule has 0 aliphatic carbocycles. The van der Waals surface area contributed by atoms with E-state index in [-0.39, 0.29) is 12.2 Å². The predicted molar refractivity (Wildman–Crippen MR) is 89.4 cm³/mol. The molecule has 0 bridgehead atoms. The summed E-state index contributed by atoms with van der Waals surface area (Å²) in [6, 6.07) is 15.2. The second kappa shape index (κ2) is 7.14. The predicted octanol–water partition coefficient (Wildman–Crippen LogP) is 4.19. The van der Waals surface area contributed by atoms with Gasteiger partial charge in [0.1, 0.15) is 5.75 Å². The summed E-state index contributed by atoms with van der Waals surface area (Å²) >= 11 is 5.40. The molecule has 0 fully saturated rings. The molecule has 2 rings (SSSR count). The van der Waals surface area contributed by atoms with Crippen molar-refractivity contribution in [2.45, 2.75) is 19.8 Å². The van der Waals surface area contributed by atoms with Gasteiger partial charge >= 0.3 is 0 Å². The Bertz CT molecular complexity index is 648. The number of hydrogen-bond acceptors (Lipinski definition) is 3. The Labute approximate surface area is 130 Å². The minimum atomic E-state index is 0.0631. The van der Waals surface area contributed by atoms with Gasteiger partial charge in [-0.15, -0.1) is 0 Å². The van der Waals surface area contributed by atoms with Crippen LogP contribution in [0, 0.1) is 6.92 Å². The summed E-state index contributed by atoms with van der Waals surface area (Å²) in [4.78, 5) is 12.9. The van der Waals surface area contributed by atoms with Crippen LogP contribution < -0.4 is 4.74 Å². The van der Waals surface area contributed by atoms with Crippen molar-refractivity contribution >= 4 is 22.9 Å². The van der Waals surface area contributed by atoms with Gasteiger partial charge in [0.25, 0.3) is 0 Å². The largest absolute Gasteiger partial charge is 0.496 e. The summed E-state index contributed by atoms with van der Waals surface area (Å²) in [5.41, 5.74) is 2.89. The summed E-state index contributed by atoms with van der Waals surface area (Å²) in [5, 5.41) is 0. The summed E-state index contributed by atoms with van der Waals surface area (Å²) < 4.78 is 5.37. The van der Waals surface area contributed by atoms with Crippen molar-refractivity contribution in [2.24, 2.45) is 0 Å². The third-order valence-corrected chi connectivity index (χ3v) is 3.70. The van der Waals surface area contributed by atoms with Crippen LogP contribution in [0.2, 0.25) is 0 Å². The quantitative estimate of drug-likeness (QED) is 0.591. The van der Waals surface area contributed by atoms with Gasteiger partial charge in [-0.25, -0.2) is 0 Å². The van der Waals surface area contributed by atoms with Crippen LogP contribution in [-0.2, 0) is 6.42 Å². The second-order valence-electron chi connectivity index (χ2n) is 4.94. The molecule has 0 aliphatic heterocycles. The lowest BCUT2D eigenvalue weighted by atomic mass is 9.99. The number of ether oxygens (including phenoxy) is 1. The van der Waals surface area contributed by atoms with E-state index in [0.717, 1.165) is 21.7 Å². The molecule has 2 aromatic rings. The highest BCUT2D eigenvalue weighted by molar-refractivity contribution is 7.80. The van der Waals surface area contributed by atoms with E-state index in [9.17, 15) is 4.79 Å². The highest BCUT2D eigenvalue weighted by Gasteiger charge is 2.13. The van der Waals surface area contributed by atoms with Crippen LogP contribution >= 0.6 is 12.2 Å². The number of thiocarbonyl (C=S) groups is 1. The molecule has 0 atom stereocenters. The van der Waals surface area contributed by atoms with Crippen LogP contribution in [0.3, 0.4) is 0 Å². The summed E-state index contributed by atoms with van der Waals surface area (Å²) in [5.74, 6) is 0.887. The molecule has 0 saturated carbocycles. The van der Waals surface area contributed by atoms with E-state index >= 15 is 0 Å². The van der Waals surface area contributed by atoms with Crippen LogP contribution in [-0.4, -0.2) is 17.8 Å². The normalized spacial score (nSPS) is 10.2. The van der Waals surface area contributed by atoms with Gasteiger partial charge in [0.15, 0.2) is 5.78 Å².